The first-order chi connectivity index (χ1) is 10.2. The van der Waals surface area contributed by atoms with Crippen molar-refractivity contribution in [3.05, 3.63) is 34.3 Å². The van der Waals surface area contributed by atoms with Crippen LogP contribution in [0.4, 0.5) is 0 Å². The summed E-state index contributed by atoms with van der Waals surface area (Å²) in [6, 6.07) is 9.34. The first-order valence-corrected chi connectivity index (χ1v) is 9.50. The molecule has 1 saturated carbocycles. The zero-order valence-corrected chi connectivity index (χ0v) is 15.2. The quantitative estimate of drug-likeness (QED) is 0.676. The molecule has 1 aromatic rings. The fraction of sp³-hybridized carbons (Fsp3) is 0.684. The van der Waals surface area contributed by atoms with Gasteiger partial charge in [0.1, 0.15) is 0 Å². The van der Waals surface area contributed by atoms with E-state index in [1.807, 2.05) is 0 Å². The van der Waals surface area contributed by atoms with Gasteiger partial charge in [-0.05, 0) is 55.7 Å². The molecule has 1 aliphatic rings. The normalized spacial score (nSPS) is 24.0. The molecule has 0 saturated heterocycles. The second-order valence-corrected chi connectivity index (χ2v) is 7.41. The van der Waals surface area contributed by atoms with E-state index in [-0.39, 0.29) is 0 Å². The van der Waals surface area contributed by atoms with Crippen molar-refractivity contribution in [2.24, 2.45) is 11.8 Å². The molecule has 3 atom stereocenters. The summed E-state index contributed by atoms with van der Waals surface area (Å²) in [6.07, 6.45) is 9.42. The van der Waals surface area contributed by atoms with Crippen molar-refractivity contribution in [2.45, 2.75) is 64.8 Å². The summed E-state index contributed by atoms with van der Waals surface area (Å²) in [4.78, 5) is 0. The molecular weight excluding hydrogens is 322 g/mol. The first-order valence-electron chi connectivity index (χ1n) is 8.71. The monoisotopic (exact) mass is 351 g/mol. The molecule has 1 N–H and O–H groups in total. The predicted octanol–water partition coefficient (Wildman–Crippen LogP) is 5.58. The van der Waals surface area contributed by atoms with Crippen LogP contribution in [0.25, 0.3) is 0 Å². The van der Waals surface area contributed by atoms with Gasteiger partial charge in [0, 0.05) is 10.5 Å². The summed E-state index contributed by atoms with van der Waals surface area (Å²) >= 11 is 3.71. The van der Waals surface area contributed by atoms with E-state index < -0.39 is 0 Å². The van der Waals surface area contributed by atoms with E-state index in [1.54, 1.807) is 0 Å². The highest BCUT2D eigenvalue weighted by Crippen LogP contribution is 2.34. The Morgan fingerprint density at radius 2 is 2.05 bits per heavy atom. The van der Waals surface area contributed by atoms with Crippen LogP contribution in [0.2, 0.25) is 0 Å². The van der Waals surface area contributed by atoms with Crippen molar-refractivity contribution in [1.29, 1.82) is 0 Å². The molecule has 1 nitrogen and oxygen atoms in total. The van der Waals surface area contributed by atoms with E-state index in [2.05, 4.69) is 59.4 Å². The van der Waals surface area contributed by atoms with Crippen LogP contribution in [0.1, 0.15) is 57.9 Å². The van der Waals surface area contributed by atoms with Gasteiger partial charge in [-0.3, -0.25) is 0 Å². The number of rotatable bonds is 7. The molecule has 0 heterocycles. The molecule has 0 radical (unpaired) electrons. The highest BCUT2D eigenvalue weighted by atomic mass is 79.9. The second kappa shape index (κ2) is 8.95. The zero-order chi connectivity index (χ0) is 15.1. The van der Waals surface area contributed by atoms with Gasteiger partial charge in [-0.25, -0.2) is 0 Å². The first kappa shape index (κ1) is 17.0. The Kier molecular flexibility index (Phi) is 7.25. The molecule has 2 heteroatoms. The third-order valence-corrected chi connectivity index (χ3v) is 5.80. The summed E-state index contributed by atoms with van der Waals surface area (Å²) in [7, 11) is 0. The predicted molar refractivity (Wildman–Crippen MR) is 95.7 cm³/mol. The fourth-order valence-corrected chi connectivity index (χ4v) is 4.15. The van der Waals surface area contributed by atoms with Crippen LogP contribution in [0.5, 0.6) is 0 Å². The SMILES string of the molecule is CCCNC(Cc1ccccc1Br)C1CCCC(CC)C1. The molecule has 1 aromatic carbocycles. The van der Waals surface area contributed by atoms with Crippen molar-refractivity contribution in [1.82, 2.24) is 5.32 Å². The second-order valence-electron chi connectivity index (χ2n) is 6.56. The van der Waals surface area contributed by atoms with Crippen LogP contribution in [0, 0.1) is 11.8 Å². The smallest absolute Gasteiger partial charge is 0.0207 e. The Bertz CT molecular complexity index is 418. The summed E-state index contributed by atoms with van der Waals surface area (Å²) in [5.74, 6) is 1.80. The minimum atomic E-state index is 0.637. The lowest BCUT2D eigenvalue weighted by atomic mass is 9.75. The molecule has 21 heavy (non-hydrogen) atoms. The molecule has 1 fully saturated rings. The zero-order valence-electron chi connectivity index (χ0n) is 13.6. The average Bonchev–Trinajstić information content (AvgIpc) is 2.53. The average molecular weight is 352 g/mol. The molecule has 0 aromatic heterocycles. The highest BCUT2D eigenvalue weighted by molar-refractivity contribution is 9.10. The van der Waals surface area contributed by atoms with Crippen LogP contribution in [0.15, 0.2) is 28.7 Å². The van der Waals surface area contributed by atoms with Gasteiger partial charge in [-0.15, -0.1) is 0 Å². The van der Waals surface area contributed by atoms with Crippen LogP contribution in [0.3, 0.4) is 0 Å². The van der Waals surface area contributed by atoms with Crippen LogP contribution in [-0.2, 0) is 6.42 Å². The lowest BCUT2D eigenvalue weighted by Gasteiger charge is -2.35. The van der Waals surface area contributed by atoms with Gasteiger partial charge in [0.25, 0.3) is 0 Å². The molecule has 0 aliphatic heterocycles. The Labute approximate surface area is 139 Å². The van der Waals surface area contributed by atoms with Gasteiger partial charge in [0.15, 0.2) is 0 Å². The van der Waals surface area contributed by atoms with Gasteiger partial charge < -0.3 is 5.32 Å². The summed E-state index contributed by atoms with van der Waals surface area (Å²) < 4.78 is 1.26. The molecule has 0 spiro atoms. The van der Waals surface area contributed by atoms with Crippen molar-refractivity contribution in [3.8, 4) is 0 Å². The third-order valence-electron chi connectivity index (χ3n) is 5.02. The van der Waals surface area contributed by atoms with Crippen molar-refractivity contribution < 1.29 is 0 Å². The minimum absolute atomic E-state index is 0.637. The maximum atomic E-state index is 3.84. The maximum Gasteiger partial charge on any atom is 0.0207 e. The third kappa shape index (κ3) is 5.10. The van der Waals surface area contributed by atoms with Gasteiger partial charge in [-0.2, -0.15) is 0 Å². The van der Waals surface area contributed by atoms with Crippen LogP contribution in [-0.4, -0.2) is 12.6 Å². The number of nitrogens with one attached hydrogen (secondary N) is 1. The van der Waals surface area contributed by atoms with E-state index in [4.69, 9.17) is 0 Å². The lowest BCUT2D eigenvalue weighted by Crippen LogP contribution is -2.40. The molecule has 0 amide bonds. The molecule has 1 aliphatic carbocycles. The Morgan fingerprint density at radius 1 is 1.24 bits per heavy atom. The number of hydrogen-bond donors (Lipinski definition) is 1. The van der Waals surface area contributed by atoms with E-state index in [1.165, 1.54) is 48.6 Å². The van der Waals surface area contributed by atoms with Crippen LogP contribution < -0.4 is 5.32 Å². The van der Waals surface area contributed by atoms with Crippen LogP contribution >= 0.6 is 15.9 Å². The number of hydrogen-bond acceptors (Lipinski definition) is 1. The van der Waals surface area contributed by atoms with E-state index >= 15 is 0 Å². The van der Waals surface area contributed by atoms with Gasteiger partial charge in [0.05, 0.1) is 0 Å². The molecule has 118 valence electrons. The van der Waals surface area contributed by atoms with Gasteiger partial charge in [-0.1, -0.05) is 67.2 Å². The fourth-order valence-electron chi connectivity index (χ4n) is 3.70. The molecular formula is C19H30BrN. The maximum absolute atomic E-state index is 3.84. The van der Waals surface area contributed by atoms with Gasteiger partial charge >= 0.3 is 0 Å². The topological polar surface area (TPSA) is 12.0 Å². The molecule has 0 bridgehead atoms. The van der Waals surface area contributed by atoms with E-state index in [0.717, 1.165) is 24.8 Å². The summed E-state index contributed by atoms with van der Waals surface area (Å²) in [5, 5.41) is 3.84. The van der Waals surface area contributed by atoms with Gasteiger partial charge in [0.2, 0.25) is 0 Å². The van der Waals surface area contributed by atoms with E-state index in [0.29, 0.717) is 6.04 Å². The van der Waals surface area contributed by atoms with Crippen molar-refractivity contribution >= 4 is 15.9 Å². The standard InChI is InChI=1S/C19H30BrN/c1-3-12-21-19(14-16-9-5-6-11-18(16)20)17-10-7-8-15(4-2)13-17/h5-6,9,11,15,17,19,21H,3-4,7-8,10,12-14H2,1-2H3. The Hall–Kier alpha value is -0.340. The minimum Gasteiger partial charge on any atom is -0.313 e. The largest absolute Gasteiger partial charge is 0.313 e. The number of benzene rings is 1. The number of halogens is 1. The molecule has 3 unspecified atom stereocenters. The van der Waals surface area contributed by atoms with Crippen molar-refractivity contribution in [2.75, 3.05) is 6.54 Å². The molecule has 2 rings (SSSR count). The van der Waals surface area contributed by atoms with Crippen molar-refractivity contribution in [3.63, 3.8) is 0 Å². The summed E-state index contributed by atoms with van der Waals surface area (Å²) in [5.41, 5.74) is 1.45. The van der Waals surface area contributed by atoms with E-state index in [9.17, 15) is 0 Å². The lowest BCUT2D eigenvalue weighted by molar-refractivity contribution is 0.207. The summed E-state index contributed by atoms with van der Waals surface area (Å²) in [6.45, 7) is 5.76. The highest BCUT2D eigenvalue weighted by Gasteiger charge is 2.27. The Balaban J connectivity index is 2.05. The Morgan fingerprint density at radius 3 is 2.76 bits per heavy atom.